The van der Waals surface area contributed by atoms with Gasteiger partial charge in [-0.2, -0.15) is 5.10 Å². The Balaban J connectivity index is 1.27. The van der Waals surface area contributed by atoms with Crippen LogP contribution in [0.2, 0.25) is 0 Å². The van der Waals surface area contributed by atoms with Gasteiger partial charge in [0.25, 0.3) is 0 Å². The molecule has 1 aliphatic carbocycles. The van der Waals surface area contributed by atoms with Gasteiger partial charge >= 0.3 is 0 Å². The fraction of sp³-hybridized carbons (Fsp3) is 0.519. The predicted molar refractivity (Wildman–Crippen MR) is 127 cm³/mol. The van der Waals surface area contributed by atoms with Crippen molar-refractivity contribution in [3.8, 4) is 0 Å². The first-order valence-electron chi connectivity index (χ1n) is 12.0. The molecule has 3 aromatic rings. The van der Waals surface area contributed by atoms with E-state index in [0.717, 1.165) is 50.3 Å². The number of rotatable bonds is 8. The van der Waals surface area contributed by atoms with Gasteiger partial charge in [0, 0.05) is 23.5 Å². The summed E-state index contributed by atoms with van der Waals surface area (Å²) in [7, 11) is 2.17. The summed E-state index contributed by atoms with van der Waals surface area (Å²) in [6.07, 6.45) is 7.80. The molecule has 2 aromatic carbocycles. The van der Waals surface area contributed by atoms with Gasteiger partial charge in [0.15, 0.2) is 0 Å². The van der Waals surface area contributed by atoms with E-state index in [2.05, 4.69) is 41.9 Å². The standard InChI is InChI=1S/C27H34FN3O/c1-20-15-22(26-23(16-20)18-31(29-26)17-21-3-4-21)9-14-32-19-27(10-12-30(2)13-11-27)24-5-7-25(28)8-6-24/h5-8,15-16,18,21H,3-4,9-14,17,19H2,1-2H3. The number of likely N-dealkylation sites (tertiary alicyclic amines) is 1. The molecule has 0 N–H and O–H groups in total. The summed E-state index contributed by atoms with van der Waals surface area (Å²) >= 11 is 0. The van der Waals surface area contributed by atoms with E-state index in [9.17, 15) is 4.39 Å². The predicted octanol–water partition coefficient (Wildman–Crippen LogP) is 5.12. The van der Waals surface area contributed by atoms with Crippen LogP contribution in [0.3, 0.4) is 0 Å². The normalized spacial score (nSPS) is 19.0. The lowest BCUT2D eigenvalue weighted by Crippen LogP contribution is -2.44. The second kappa shape index (κ2) is 8.95. The molecular formula is C27H34FN3O. The van der Waals surface area contributed by atoms with Gasteiger partial charge in [0.05, 0.1) is 18.7 Å². The maximum atomic E-state index is 13.5. The zero-order valence-corrected chi connectivity index (χ0v) is 19.3. The van der Waals surface area contributed by atoms with Crippen LogP contribution in [0.1, 0.15) is 42.4 Å². The number of hydrogen-bond donors (Lipinski definition) is 0. The Kier molecular flexibility index (Phi) is 6.04. The first kappa shape index (κ1) is 21.6. The zero-order chi connectivity index (χ0) is 22.1. The second-order valence-corrected chi connectivity index (χ2v) is 10.0. The van der Waals surface area contributed by atoms with Crippen molar-refractivity contribution in [2.45, 2.75) is 51.0 Å². The van der Waals surface area contributed by atoms with Crippen LogP contribution in [0, 0.1) is 18.7 Å². The highest BCUT2D eigenvalue weighted by atomic mass is 19.1. The Morgan fingerprint density at radius 3 is 2.59 bits per heavy atom. The second-order valence-electron chi connectivity index (χ2n) is 10.0. The number of nitrogens with zero attached hydrogens (tertiary/aromatic N) is 3. The monoisotopic (exact) mass is 435 g/mol. The molecule has 0 spiro atoms. The molecular weight excluding hydrogens is 401 g/mol. The number of aryl methyl sites for hydroxylation is 1. The zero-order valence-electron chi connectivity index (χ0n) is 19.3. The van der Waals surface area contributed by atoms with Gasteiger partial charge in [0.2, 0.25) is 0 Å². The number of halogens is 1. The summed E-state index contributed by atoms with van der Waals surface area (Å²) in [4.78, 5) is 2.36. The van der Waals surface area contributed by atoms with Gasteiger partial charge in [-0.25, -0.2) is 4.39 Å². The minimum absolute atomic E-state index is 0.0338. The molecule has 1 saturated heterocycles. The average Bonchev–Trinajstić information content (AvgIpc) is 3.50. The van der Waals surface area contributed by atoms with Crippen LogP contribution < -0.4 is 0 Å². The SMILES string of the molecule is Cc1cc(CCOCC2(c3ccc(F)cc3)CCN(C)CC2)c2nn(CC3CC3)cc2c1. The number of ether oxygens (including phenoxy) is 1. The van der Waals surface area contributed by atoms with Crippen molar-refractivity contribution in [1.82, 2.24) is 14.7 Å². The van der Waals surface area contributed by atoms with E-state index >= 15 is 0 Å². The van der Waals surface area contributed by atoms with Crippen molar-refractivity contribution >= 4 is 10.9 Å². The van der Waals surface area contributed by atoms with Crippen molar-refractivity contribution in [1.29, 1.82) is 0 Å². The Hall–Kier alpha value is -2.24. The lowest BCUT2D eigenvalue weighted by molar-refractivity contribution is 0.0513. The van der Waals surface area contributed by atoms with Crippen molar-refractivity contribution in [2.24, 2.45) is 5.92 Å². The van der Waals surface area contributed by atoms with Crippen LogP contribution >= 0.6 is 0 Å². The summed E-state index contributed by atoms with van der Waals surface area (Å²) in [6, 6.07) is 11.5. The third-order valence-electron chi connectivity index (χ3n) is 7.32. The third-order valence-corrected chi connectivity index (χ3v) is 7.32. The average molecular weight is 436 g/mol. The van der Waals surface area contributed by atoms with Crippen molar-refractivity contribution in [3.63, 3.8) is 0 Å². The maximum Gasteiger partial charge on any atom is 0.123 e. The Labute approximate surface area is 190 Å². The van der Waals surface area contributed by atoms with E-state index in [1.54, 1.807) is 12.1 Å². The molecule has 5 rings (SSSR count). The first-order valence-corrected chi connectivity index (χ1v) is 12.0. The van der Waals surface area contributed by atoms with E-state index in [-0.39, 0.29) is 11.2 Å². The highest BCUT2D eigenvalue weighted by Gasteiger charge is 2.35. The number of piperidine rings is 1. The highest BCUT2D eigenvalue weighted by molar-refractivity contribution is 5.82. The minimum Gasteiger partial charge on any atom is -0.380 e. The van der Waals surface area contributed by atoms with Crippen molar-refractivity contribution < 1.29 is 9.13 Å². The number of fused-ring (bicyclic) bond motifs is 1. The molecule has 1 aliphatic heterocycles. The molecule has 0 amide bonds. The molecule has 170 valence electrons. The summed E-state index contributed by atoms with van der Waals surface area (Å²) < 4.78 is 22.0. The molecule has 2 aliphatic rings. The quantitative estimate of drug-likeness (QED) is 0.460. The number of aromatic nitrogens is 2. The van der Waals surface area contributed by atoms with E-state index in [1.165, 1.54) is 34.9 Å². The van der Waals surface area contributed by atoms with Crippen LogP contribution in [-0.4, -0.2) is 48.0 Å². The lowest BCUT2D eigenvalue weighted by atomic mass is 9.73. The van der Waals surface area contributed by atoms with Gasteiger partial charge in [-0.05, 0) is 94.4 Å². The minimum atomic E-state index is -0.178. The van der Waals surface area contributed by atoms with Crippen molar-refractivity contribution in [2.75, 3.05) is 33.4 Å². The number of hydrogen-bond acceptors (Lipinski definition) is 3. The van der Waals surface area contributed by atoms with E-state index in [0.29, 0.717) is 13.2 Å². The fourth-order valence-electron chi connectivity index (χ4n) is 5.09. The smallest absolute Gasteiger partial charge is 0.123 e. The molecule has 32 heavy (non-hydrogen) atoms. The van der Waals surface area contributed by atoms with Crippen LogP contribution in [0.4, 0.5) is 4.39 Å². The topological polar surface area (TPSA) is 30.3 Å². The maximum absolute atomic E-state index is 13.5. The molecule has 0 bridgehead atoms. The van der Waals surface area contributed by atoms with Gasteiger partial charge in [-0.15, -0.1) is 0 Å². The molecule has 0 atom stereocenters. The molecule has 2 heterocycles. The van der Waals surface area contributed by atoms with Crippen molar-refractivity contribution in [3.05, 3.63) is 65.1 Å². The molecule has 1 aromatic heterocycles. The van der Waals surface area contributed by atoms with E-state index < -0.39 is 0 Å². The van der Waals surface area contributed by atoms with Gasteiger partial charge in [0.1, 0.15) is 5.82 Å². The first-order chi connectivity index (χ1) is 15.5. The Bertz CT molecular complexity index is 1060. The molecule has 0 unspecified atom stereocenters. The Morgan fingerprint density at radius 2 is 1.88 bits per heavy atom. The van der Waals surface area contributed by atoms with Crippen LogP contribution in [0.15, 0.2) is 42.6 Å². The van der Waals surface area contributed by atoms with Gasteiger partial charge in [-0.1, -0.05) is 23.8 Å². The summed E-state index contributed by atoms with van der Waals surface area (Å²) in [5.41, 5.74) is 4.83. The van der Waals surface area contributed by atoms with Crippen LogP contribution in [-0.2, 0) is 23.1 Å². The fourth-order valence-corrected chi connectivity index (χ4v) is 5.09. The molecule has 5 heteroatoms. The van der Waals surface area contributed by atoms with E-state index in [4.69, 9.17) is 9.84 Å². The van der Waals surface area contributed by atoms with Gasteiger partial charge < -0.3 is 9.64 Å². The molecule has 0 radical (unpaired) electrons. The highest BCUT2D eigenvalue weighted by Crippen LogP contribution is 2.36. The molecule has 1 saturated carbocycles. The Morgan fingerprint density at radius 1 is 1.12 bits per heavy atom. The third kappa shape index (κ3) is 4.74. The summed E-state index contributed by atoms with van der Waals surface area (Å²) in [6.45, 7) is 6.63. The largest absolute Gasteiger partial charge is 0.380 e. The number of benzene rings is 2. The van der Waals surface area contributed by atoms with Crippen LogP contribution in [0.25, 0.3) is 10.9 Å². The summed E-state index contributed by atoms with van der Waals surface area (Å²) in [5.74, 6) is 0.636. The van der Waals surface area contributed by atoms with E-state index in [1.807, 2.05) is 12.1 Å². The summed E-state index contributed by atoms with van der Waals surface area (Å²) in [5, 5.41) is 6.14. The van der Waals surface area contributed by atoms with Crippen LogP contribution in [0.5, 0.6) is 0 Å². The molecule has 2 fully saturated rings. The molecule has 4 nitrogen and oxygen atoms in total. The van der Waals surface area contributed by atoms with Gasteiger partial charge in [-0.3, -0.25) is 4.68 Å². The lowest BCUT2D eigenvalue weighted by Gasteiger charge is -2.41.